The fourth-order valence-electron chi connectivity index (χ4n) is 1.44. The van der Waals surface area contributed by atoms with Crippen molar-refractivity contribution in [3.05, 3.63) is 45.9 Å². The number of aldehydes is 1. The number of hydrogen-bond acceptors (Lipinski definition) is 4. The van der Waals surface area contributed by atoms with Crippen LogP contribution in [0, 0.1) is 6.92 Å². The number of aryl methyl sites for hydroxylation is 1. The summed E-state index contributed by atoms with van der Waals surface area (Å²) in [7, 11) is 0. The van der Waals surface area contributed by atoms with E-state index in [0.717, 1.165) is 29.2 Å². The number of benzene rings is 1. The summed E-state index contributed by atoms with van der Waals surface area (Å²) >= 11 is 1.65. The monoisotopic (exact) mass is 247 g/mol. The number of carbonyl (C=O) groups excluding carboxylic acids is 1. The molecule has 88 valence electrons. The normalized spacial score (nSPS) is 10.2. The van der Waals surface area contributed by atoms with Crippen LogP contribution in [-0.4, -0.2) is 17.9 Å². The summed E-state index contributed by atoms with van der Waals surface area (Å²) in [5, 5.41) is 3.13. The first-order valence-electron chi connectivity index (χ1n) is 5.37. The van der Waals surface area contributed by atoms with E-state index in [9.17, 15) is 4.79 Å². The lowest BCUT2D eigenvalue weighted by Gasteiger charge is -2.04. The van der Waals surface area contributed by atoms with E-state index in [2.05, 4.69) is 4.98 Å². The summed E-state index contributed by atoms with van der Waals surface area (Å²) in [4.78, 5) is 14.8. The summed E-state index contributed by atoms with van der Waals surface area (Å²) in [6, 6.07) is 7.09. The molecule has 0 radical (unpaired) electrons. The molecule has 17 heavy (non-hydrogen) atoms. The van der Waals surface area contributed by atoms with Crippen molar-refractivity contribution >= 4 is 17.6 Å². The Morgan fingerprint density at radius 1 is 1.35 bits per heavy atom. The van der Waals surface area contributed by atoms with Gasteiger partial charge in [-0.3, -0.25) is 4.79 Å². The zero-order valence-corrected chi connectivity index (χ0v) is 10.4. The summed E-state index contributed by atoms with van der Waals surface area (Å²) in [5.74, 6) is 0.780. The van der Waals surface area contributed by atoms with E-state index in [1.54, 1.807) is 35.6 Å². The molecular weight excluding hydrogens is 234 g/mol. The first kappa shape index (κ1) is 11.8. The number of carbonyl (C=O) groups is 1. The van der Waals surface area contributed by atoms with Gasteiger partial charge in [-0.15, -0.1) is 11.3 Å². The highest BCUT2D eigenvalue weighted by Gasteiger charge is 1.99. The Morgan fingerprint density at radius 3 is 2.71 bits per heavy atom. The maximum Gasteiger partial charge on any atom is 0.150 e. The van der Waals surface area contributed by atoms with Crippen LogP contribution in [0.2, 0.25) is 0 Å². The van der Waals surface area contributed by atoms with Crippen molar-refractivity contribution in [3.63, 3.8) is 0 Å². The second-order valence-electron chi connectivity index (χ2n) is 3.64. The number of aromatic nitrogens is 1. The summed E-state index contributed by atoms with van der Waals surface area (Å²) in [6.45, 7) is 2.59. The third-order valence-corrected chi connectivity index (χ3v) is 3.13. The smallest absolute Gasteiger partial charge is 0.150 e. The van der Waals surface area contributed by atoms with Gasteiger partial charge in [0.15, 0.2) is 0 Å². The molecule has 0 amide bonds. The summed E-state index contributed by atoms with van der Waals surface area (Å²) in [6.07, 6.45) is 1.63. The number of rotatable bonds is 5. The predicted octanol–water partition coefficient (Wildman–Crippen LogP) is 2.89. The average molecular weight is 247 g/mol. The van der Waals surface area contributed by atoms with Crippen molar-refractivity contribution in [2.45, 2.75) is 13.3 Å². The lowest BCUT2D eigenvalue weighted by atomic mass is 10.2. The Balaban J connectivity index is 1.83. The molecule has 2 rings (SSSR count). The zero-order valence-electron chi connectivity index (χ0n) is 9.55. The van der Waals surface area contributed by atoms with Crippen LogP contribution in [0.15, 0.2) is 29.6 Å². The molecule has 2 aromatic rings. The topological polar surface area (TPSA) is 39.2 Å². The maximum atomic E-state index is 10.5. The van der Waals surface area contributed by atoms with Crippen LogP contribution in [0.5, 0.6) is 5.75 Å². The third-order valence-electron chi connectivity index (χ3n) is 2.31. The van der Waals surface area contributed by atoms with Gasteiger partial charge in [-0.1, -0.05) is 0 Å². The molecule has 0 spiro atoms. The highest BCUT2D eigenvalue weighted by Crippen LogP contribution is 2.12. The molecule has 0 unspecified atom stereocenters. The molecule has 0 saturated carbocycles. The first-order chi connectivity index (χ1) is 8.28. The van der Waals surface area contributed by atoms with E-state index in [4.69, 9.17) is 4.74 Å². The van der Waals surface area contributed by atoms with E-state index in [1.165, 1.54) is 0 Å². The van der Waals surface area contributed by atoms with Gasteiger partial charge in [-0.25, -0.2) is 4.98 Å². The minimum Gasteiger partial charge on any atom is -0.493 e. The van der Waals surface area contributed by atoms with E-state index < -0.39 is 0 Å². The SMILES string of the molecule is Cc1nc(CCOc2ccc(C=O)cc2)cs1. The maximum absolute atomic E-state index is 10.5. The number of hydrogen-bond donors (Lipinski definition) is 0. The molecule has 0 saturated heterocycles. The molecule has 0 bridgehead atoms. The molecule has 4 heteroatoms. The highest BCUT2D eigenvalue weighted by atomic mass is 32.1. The number of ether oxygens (including phenoxy) is 1. The molecule has 1 aromatic heterocycles. The van der Waals surface area contributed by atoms with E-state index in [0.29, 0.717) is 12.2 Å². The van der Waals surface area contributed by atoms with Gasteiger partial charge in [-0.05, 0) is 31.2 Å². The average Bonchev–Trinajstić information content (AvgIpc) is 2.76. The van der Waals surface area contributed by atoms with Crippen molar-refractivity contribution in [2.24, 2.45) is 0 Å². The second-order valence-corrected chi connectivity index (χ2v) is 4.71. The molecular formula is C13H13NO2S. The molecule has 0 fully saturated rings. The minimum absolute atomic E-state index is 0.601. The van der Waals surface area contributed by atoms with Crippen LogP contribution >= 0.6 is 11.3 Å². The van der Waals surface area contributed by atoms with Crippen molar-refractivity contribution < 1.29 is 9.53 Å². The molecule has 0 aliphatic carbocycles. The number of nitrogens with zero attached hydrogens (tertiary/aromatic N) is 1. The Labute approximate surface area is 104 Å². The zero-order chi connectivity index (χ0) is 12.1. The Hall–Kier alpha value is -1.68. The molecule has 0 atom stereocenters. The Bertz CT molecular complexity index is 490. The van der Waals surface area contributed by atoms with Crippen molar-refractivity contribution in [1.29, 1.82) is 0 Å². The highest BCUT2D eigenvalue weighted by molar-refractivity contribution is 7.09. The van der Waals surface area contributed by atoms with Gasteiger partial charge in [0.2, 0.25) is 0 Å². The molecule has 0 aliphatic heterocycles. The number of thiazole rings is 1. The van der Waals surface area contributed by atoms with Gasteiger partial charge in [0.25, 0.3) is 0 Å². The predicted molar refractivity (Wildman–Crippen MR) is 67.9 cm³/mol. The molecule has 1 aromatic carbocycles. The van der Waals surface area contributed by atoms with E-state index >= 15 is 0 Å². The van der Waals surface area contributed by atoms with Crippen molar-refractivity contribution in [2.75, 3.05) is 6.61 Å². The largest absolute Gasteiger partial charge is 0.493 e. The van der Waals surface area contributed by atoms with Crippen molar-refractivity contribution in [3.8, 4) is 5.75 Å². The Kier molecular flexibility index (Phi) is 3.88. The molecule has 3 nitrogen and oxygen atoms in total. The van der Waals surface area contributed by atoms with E-state index in [-0.39, 0.29) is 0 Å². The first-order valence-corrected chi connectivity index (χ1v) is 6.25. The van der Waals surface area contributed by atoms with Crippen LogP contribution in [0.3, 0.4) is 0 Å². The quantitative estimate of drug-likeness (QED) is 0.763. The van der Waals surface area contributed by atoms with Crippen LogP contribution in [0.25, 0.3) is 0 Å². The molecule has 0 aliphatic rings. The summed E-state index contributed by atoms with van der Waals surface area (Å²) in [5.41, 5.74) is 1.73. The van der Waals surface area contributed by atoms with Gasteiger partial charge < -0.3 is 4.74 Å². The van der Waals surface area contributed by atoms with Crippen LogP contribution in [0.4, 0.5) is 0 Å². The molecule has 1 heterocycles. The summed E-state index contributed by atoms with van der Waals surface area (Å²) < 4.78 is 5.57. The van der Waals surface area contributed by atoms with Gasteiger partial charge in [0.1, 0.15) is 12.0 Å². The van der Waals surface area contributed by atoms with Gasteiger partial charge in [0, 0.05) is 17.4 Å². The lowest BCUT2D eigenvalue weighted by molar-refractivity contribution is 0.112. The van der Waals surface area contributed by atoms with Crippen LogP contribution in [0.1, 0.15) is 21.1 Å². The Morgan fingerprint density at radius 2 is 2.12 bits per heavy atom. The standard InChI is InChI=1S/C13H13NO2S/c1-10-14-12(9-17-10)6-7-16-13-4-2-11(8-15)3-5-13/h2-5,8-9H,6-7H2,1H3. The fraction of sp³-hybridized carbons (Fsp3) is 0.231. The van der Waals surface area contributed by atoms with Gasteiger partial charge in [0.05, 0.1) is 17.3 Å². The van der Waals surface area contributed by atoms with Crippen molar-refractivity contribution in [1.82, 2.24) is 4.98 Å². The third kappa shape index (κ3) is 3.39. The van der Waals surface area contributed by atoms with Gasteiger partial charge >= 0.3 is 0 Å². The second kappa shape index (κ2) is 5.59. The fourth-order valence-corrected chi connectivity index (χ4v) is 2.09. The van der Waals surface area contributed by atoms with E-state index in [1.807, 2.05) is 12.3 Å². The van der Waals surface area contributed by atoms with Gasteiger partial charge in [-0.2, -0.15) is 0 Å². The molecule has 0 N–H and O–H groups in total. The van der Waals surface area contributed by atoms with Crippen LogP contribution in [-0.2, 0) is 6.42 Å². The minimum atomic E-state index is 0.601. The van der Waals surface area contributed by atoms with Crippen LogP contribution < -0.4 is 4.74 Å². The lowest BCUT2D eigenvalue weighted by Crippen LogP contribution is -2.01.